The summed E-state index contributed by atoms with van der Waals surface area (Å²) in [4.78, 5) is 0. The van der Waals surface area contributed by atoms with Gasteiger partial charge in [-0.05, 0) is 44.9 Å². The molecule has 0 aromatic heterocycles. The lowest BCUT2D eigenvalue weighted by atomic mass is 9.80. The van der Waals surface area contributed by atoms with Crippen molar-refractivity contribution in [2.45, 2.75) is 44.6 Å². The first kappa shape index (κ1) is 13.3. The molecule has 0 spiro atoms. The molecule has 0 unspecified atom stereocenters. The highest BCUT2D eigenvalue weighted by Gasteiger charge is 2.38. The van der Waals surface area contributed by atoms with Crippen LogP contribution in [0.2, 0.25) is 0 Å². The highest BCUT2D eigenvalue weighted by atomic mass is 32.2. The fraction of sp³-hybridized carbons (Fsp3) is 1.00. The Morgan fingerprint density at radius 3 is 2.35 bits per heavy atom. The van der Waals surface area contributed by atoms with E-state index in [1.165, 1.54) is 4.31 Å². The maximum absolute atomic E-state index is 12.1. The summed E-state index contributed by atoms with van der Waals surface area (Å²) in [7, 11) is -3.33. The zero-order valence-electron chi connectivity index (χ0n) is 10.4. The fourth-order valence-electron chi connectivity index (χ4n) is 2.52. The van der Waals surface area contributed by atoms with Gasteiger partial charge >= 0.3 is 0 Å². The van der Waals surface area contributed by atoms with Crippen LogP contribution in [0.4, 0.5) is 0 Å². The molecule has 17 heavy (non-hydrogen) atoms. The molecule has 0 bridgehead atoms. The van der Waals surface area contributed by atoms with Crippen LogP contribution in [0.1, 0.15) is 39.0 Å². The average molecular weight is 262 g/mol. The lowest BCUT2D eigenvalue weighted by molar-refractivity contribution is 0.166. The third-order valence-corrected chi connectivity index (χ3v) is 5.80. The quantitative estimate of drug-likeness (QED) is 0.773. The Labute approximate surface area is 103 Å². The summed E-state index contributed by atoms with van der Waals surface area (Å²) in [6, 6.07) is 0. The molecule has 1 saturated carbocycles. The highest BCUT2D eigenvalue weighted by Crippen LogP contribution is 2.32. The van der Waals surface area contributed by atoms with E-state index in [1.807, 2.05) is 6.92 Å². The Morgan fingerprint density at radius 2 is 1.94 bits per heavy atom. The van der Waals surface area contributed by atoms with Gasteiger partial charge in [-0.2, -0.15) is 17.4 Å². The van der Waals surface area contributed by atoms with Crippen LogP contribution in [-0.4, -0.2) is 43.1 Å². The van der Waals surface area contributed by atoms with Crippen molar-refractivity contribution in [2.24, 2.45) is 5.92 Å². The van der Waals surface area contributed by atoms with Crippen LogP contribution in [-0.2, 0) is 10.2 Å². The SMILES string of the molecule is CC1(NS(=O)(=O)N2CCC(CO)CC2)CCC1. The van der Waals surface area contributed by atoms with Crippen molar-refractivity contribution in [3.05, 3.63) is 0 Å². The minimum absolute atomic E-state index is 0.166. The Hall–Kier alpha value is -0.170. The van der Waals surface area contributed by atoms with Gasteiger partial charge in [0.1, 0.15) is 0 Å². The number of aliphatic hydroxyl groups is 1. The van der Waals surface area contributed by atoms with Crippen LogP contribution in [0, 0.1) is 5.92 Å². The smallest absolute Gasteiger partial charge is 0.279 e. The molecule has 2 aliphatic rings. The molecular formula is C11H22N2O3S. The molecule has 0 radical (unpaired) electrons. The van der Waals surface area contributed by atoms with Crippen LogP contribution >= 0.6 is 0 Å². The third kappa shape index (κ3) is 2.99. The molecule has 1 saturated heterocycles. The minimum Gasteiger partial charge on any atom is -0.396 e. The van der Waals surface area contributed by atoms with E-state index < -0.39 is 10.2 Å². The van der Waals surface area contributed by atoms with Crippen molar-refractivity contribution >= 4 is 10.2 Å². The maximum atomic E-state index is 12.1. The molecule has 0 aromatic carbocycles. The average Bonchev–Trinajstić information content (AvgIpc) is 2.26. The molecule has 100 valence electrons. The molecule has 0 atom stereocenters. The molecule has 6 heteroatoms. The van der Waals surface area contributed by atoms with Gasteiger partial charge in [-0.3, -0.25) is 0 Å². The van der Waals surface area contributed by atoms with Gasteiger partial charge in [-0.15, -0.1) is 0 Å². The zero-order chi connectivity index (χ0) is 12.5. The summed E-state index contributed by atoms with van der Waals surface area (Å²) >= 11 is 0. The van der Waals surface area contributed by atoms with Crippen LogP contribution in [0.15, 0.2) is 0 Å². The van der Waals surface area contributed by atoms with Gasteiger partial charge in [0.05, 0.1) is 0 Å². The van der Waals surface area contributed by atoms with Crippen molar-refractivity contribution in [3.63, 3.8) is 0 Å². The fourth-order valence-corrected chi connectivity index (χ4v) is 4.16. The first-order valence-electron chi connectivity index (χ1n) is 6.35. The predicted octanol–water partition coefficient (Wildman–Crippen LogP) is 0.468. The van der Waals surface area contributed by atoms with E-state index in [9.17, 15) is 8.42 Å². The van der Waals surface area contributed by atoms with Crippen molar-refractivity contribution in [2.75, 3.05) is 19.7 Å². The monoisotopic (exact) mass is 262 g/mol. The first-order chi connectivity index (χ1) is 7.95. The van der Waals surface area contributed by atoms with Crippen LogP contribution in [0.5, 0.6) is 0 Å². The standard InChI is InChI=1S/C11H22N2O3S/c1-11(5-2-6-11)12-17(15,16)13-7-3-10(9-14)4-8-13/h10,12,14H,2-9H2,1H3. The largest absolute Gasteiger partial charge is 0.396 e. The molecule has 0 aromatic rings. The molecule has 1 aliphatic carbocycles. The highest BCUT2D eigenvalue weighted by molar-refractivity contribution is 7.87. The second kappa shape index (κ2) is 4.84. The Kier molecular flexibility index (Phi) is 3.77. The van der Waals surface area contributed by atoms with E-state index in [4.69, 9.17) is 5.11 Å². The van der Waals surface area contributed by atoms with Crippen molar-refractivity contribution in [1.29, 1.82) is 0 Å². The maximum Gasteiger partial charge on any atom is 0.279 e. The van der Waals surface area contributed by atoms with Crippen molar-refractivity contribution in [1.82, 2.24) is 9.03 Å². The summed E-state index contributed by atoms with van der Waals surface area (Å²) in [6.07, 6.45) is 4.48. The second-order valence-corrected chi connectivity index (χ2v) is 7.22. The lowest BCUT2D eigenvalue weighted by Crippen LogP contribution is -2.56. The van der Waals surface area contributed by atoms with Crippen LogP contribution in [0.3, 0.4) is 0 Å². The lowest BCUT2D eigenvalue weighted by Gasteiger charge is -2.41. The minimum atomic E-state index is -3.33. The van der Waals surface area contributed by atoms with E-state index in [0.717, 1.165) is 32.1 Å². The van der Waals surface area contributed by atoms with Gasteiger partial charge in [0.25, 0.3) is 10.2 Å². The van der Waals surface area contributed by atoms with E-state index in [-0.39, 0.29) is 18.1 Å². The zero-order valence-corrected chi connectivity index (χ0v) is 11.2. The van der Waals surface area contributed by atoms with Gasteiger partial charge in [0.2, 0.25) is 0 Å². The van der Waals surface area contributed by atoms with Crippen molar-refractivity contribution < 1.29 is 13.5 Å². The molecule has 5 nitrogen and oxygen atoms in total. The van der Waals surface area contributed by atoms with Crippen molar-refractivity contribution in [3.8, 4) is 0 Å². The van der Waals surface area contributed by atoms with E-state index >= 15 is 0 Å². The Bertz CT molecular complexity index is 357. The molecule has 2 fully saturated rings. The summed E-state index contributed by atoms with van der Waals surface area (Å²) in [5.41, 5.74) is -0.230. The van der Waals surface area contributed by atoms with Crippen LogP contribution in [0.25, 0.3) is 0 Å². The van der Waals surface area contributed by atoms with Gasteiger partial charge in [0, 0.05) is 25.2 Å². The van der Waals surface area contributed by atoms with Gasteiger partial charge < -0.3 is 5.11 Å². The Morgan fingerprint density at radius 1 is 1.35 bits per heavy atom. The molecule has 1 heterocycles. The number of aliphatic hydroxyl groups excluding tert-OH is 1. The number of nitrogens with zero attached hydrogens (tertiary/aromatic N) is 1. The molecule has 2 N–H and O–H groups in total. The number of nitrogens with one attached hydrogen (secondary N) is 1. The van der Waals surface area contributed by atoms with Crippen LogP contribution < -0.4 is 4.72 Å². The number of piperidine rings is 1. The number of hydrogen-bond donors (Lipinski definition) is 2. The molecule has 2 rings (SSSR count). The second-order valence-electron chi connectivity index (χ2n) is 5.55. The normalized spacial score (nSPS) is 26.7. The first-order valence-corrected chi connectivity index (χ1v) is 7.79. The number of rotatable bonds is 4. The summed E-state index contributed by atoms with van der Waals surface area (Å²) in [6.45, 7) is 3.18. The molecular weight excluding hydrogens is 240 g/mol. The van der Waals surface area contributed by atoms with E-state index in [0.29, 0.717) is 13.1 Å². The number of hydrogen-bond acceptors (Lipinski definition) is 3. The van der Waals surface area contributed by atoms with Gasteiger partial charge in [-0.25, -0.2) is 0 Å². The summed E-state index contributed by atoms with van der Waals surface area (Å²) in [5.74, 6) is 0.265. The van der Waals surface area contributed by atoms with Gasteiger partial charge in [-0.1, -0.05) is 0 Å². The third-order valence-electron chi connectivity index (χ3n) is 4.00. The summed E-state index contributed by atoms with van der Waals surface area (Å²) in [5, 5.41) is 9.03. The summed E-state index contributed by atoms with van der Waals surface area (Å²) < 4.78 is 28.6. The topological polar surface area (TPSA) is 69.6 Å². The van der Waals surface area contributed by atoms with Gasteiger partial charge in [0.15, 0.2) is 0 Å². The van der Waals surface area contributed by atoms with E-state index in [1.54, 1.807) is 0 Å². The Balaban J connectivity index is 1.92. The molecule has 1 aliphatic heterocycles. The predicted molar refractivity (Wildman–Crippen MR) is 65.7 cm³/mol. The van der Waals surface area contributed by atoms with E-state index in [2.05, 4.69) is 4.72 Å². The molecule has 0 amide bonds.